The highest BCUT2D eigenvalue weighted by Gasteiger charge is 2.17. The number of aryl methyl sites for hydroxylation is 1. The van der Waals surface area contributed by atoms with Gasteiger partial charge in [-0.2, -0.15) is 0 Å². The van der Waals surface area contributed by atoms with Crippen LogP contribution >= 0.6 is 11.3 Å². The Balaban J connectivity index is 2.12. The van der Waals surface area contributed by atoms with Crippen LogP contribution < -0.4 is 14.8 Å². The van der Waals surface area contributed by atoms with Crippen molar-refractivity contribution < 1.29 is 14.2 Å². The van der Waals surface area contributed by atoms with Crippen molar-refractivity contribution in [2.24, 2.45) is 0 Å². The molecule has 0 saturated heterocycles. The van der Waals surface area contributed by atoms with E-state index >= 15 is 0 Å². The lowest BCUT2D eigenvalue weighted by molar-refractivity contribution is 0.190. The minimum Gasteiger partial charge on any atom is -0.493 e. The summed E-state index contributed by atoms with van der Waals surface area (Å²) in [6.07, 6.45) is 0. The van der Waals surface area contributed by atoms with Crippen LogP contribution in [0.25, 0.3) is 21.3 Å². The standard InChI is InChI=1S/C19H23N3O3S/c1-11(9-23-3)20-18-17-14(10-26-19(17)22-12(2)21-18)13-6-7-15(24-4)16(8-13)25-5/h6-8,10-11H,9H2,1-5H3,(H,20,21,22)/t11-/m0/s1. The monoisotopic (exact) mass is 373 g/mol. The lowest BCUT2D eigenvalue weighted by atomic mass is 10.1. The minimum atomic E-state index is 0.135. The molecule has 1 aromatic carbocycles. The fourth-order valence-corrected chi connectivity index (χ4v) is 3.89. The molecule has 0 aliphatic heterocycles. The van der Waals surface area contributed by atoms with E-state index in [-0.39, 0.29) is 6.04 Å². The zero-order valence-corrected chi connectivity index (χ0v) is 16.4. The van der Waals surface area contributed by atoms with E-state index in [0.717, 1.165) is 33.0 Å². The Morgan fingerprint density at radius 3 is 2.58 bits per heavy atom. The molecule has 0 saturated carbocycles. The number of nitrogens with zero attached hydrogens (tertiary/aromatic N) is 2. The maximum absolute atomic E-state index is 5.45. The van der Waals surface area contributed by atoms with Crippen LogP contribution in [0.5, 0.6) is 11.5 Å². The second-order valence-electron chi connectivity index (χ2n) is 6.02. The molecule has 138 valence electrons. The van der Waals surface area contributed by atoms with E-state index in [1.54, 1.807) is 32.7 Å². The third-order valence-electron chi connectivity index (χ3n) is 4.04. The van der Waals surface area contributed by atoms with Gasteiger partial charge in [-0.05, 0) is 31.5 Å². The highest BCUT2D eigenvalue weighted by atomic mass is 32.1. The number of rotatable bonds is 7. The van der Waals surface area contributed by atoms with E-state index in [4.69, 9.17) is 14.2 Å². The summed E-state index contributed by atoms with van der Waals surface area (Å²) < 4.78 is 16.0. The first-order chi connectivity index (χ1) is 12.6. The number of aromatic nitrogens is 2. The molecule has 2 heterocycles. The van der Waals surface area contributed by atoms with Gasteiger partial charge in [-0.1, -0.05) is 6.07 Å². The topological polar surface area (TPSA) is 65.5 Å². The average molecular weight is 373 g/mol. The van der Waals surface area contributed by atoms with Crippen LogP contribution in [0.2, 0.25) is 0 Å². The Morgan fingerprint density at radius 2 is 1.88 bits per heavy atom. The normalized spacial score (nSPS) is 12.2. The van der Waals surface area contributed by atoms with Gasteiger partial charge in [-0.3, -0.25) is 0 Å². The quantitative estimate of drug-likeness (QED) is 0.672. The second kappa shape index (κ2) is 7.88. The van der Waals surface area contributed by atoms with Crippen molar-refractivity contribution in [2.45, 2.75) is 19.9 Å². The summed E-state index contributed by atoms with van der Waals surface area (Å²) in [5.41, 5.74) is 2.10. The third kappa shape index (κ3) is 3.59. The van der Waals surface area contributed by atoms with Crippen molar-refractivity contribution in [2.75, 3.05) is 33.3 Å². The molecule has 0 aliphatic rings. The van der Waals surface area contributed by atoms with Gasteiger partial charge in [-0.25, -0.2) is 9.97 Å². The molecule has 2 aromatic heterocycles. The molecule has 6 nitrogen and oxygen atoms in total. The van der Waals surface area contributed by atoms with Crippen LogP contribution in [-0.2, 0) is 4.74 Å². The number of nitrogens with one attached hydrogen (secondary N) is 1. The van der Waals surface area contributed by atoms with Crippen LogP contribution in [0.3, 0.4) is 0 Å². The molecule has 3 aromatic rings. The lowest BCUT2D eigenvalue weighted by Crippen LogP contribution is -2.21. The third-order valence-corrected chi connectivity index (χ3v) is 4.91. The number of methoxy groups -OCH3 is 3. The average Bonchev–Trinajstić information content (AvgIpc) is 3.05. The van der Waals surface area contributed by atoms with E-state index in [1.165, 1.54) is 0 Å². The largest absolute Gasteiger partial charge is 0.493 e. The van der Waals surface area contributed by atoms with Crippen molar-refractivity contribution in [1.82, 2.24) is 9.97 Å². The van der Waals surface area contributed by atoms with Gasteiger partial charge < -0.3 is 19.5 Å². The first-order valence-electron chi connectivity index (χ1n) is 8.31. The number of anilines is 1. The zero-order chi connectivity index (χ0) is 18.7. The summed E-state index contributed by atoms with van der Waals surface area (Å²) in [7, 11) is 4.96. The fourth-order valence-electron chi connectivity index (χ4n) is 2.89. The van der Waals surface area contributed by atoms with Gasteiger partial charge >= 0.3 is 0 Å². The van der Waals surface area contributed by atoms with Crippen LogP contribution in [0.15, 0.2) is 23.6 Å². The Morgan fingerprint density at radius 1 is 1.12 bits per heavy atom. The molecule has 26 heavy (non-hydrogen) atoms. The minimum absolute atomic E-state index is 0.135. The van der Waals surface area contributed by atoms with Crippen LogP contribution in [0.4, 0.5) is 5.82 Å². The molecule has 0 radical (unpaired) electrons. The van der Waals surface area contributed by atoms with E-state index in [0.29, 0.717) is 18.1 Å². The predicted octanol–water partition coefficient (Wildman–Crippen LogP) is 4.13. The summed E-state index contributed by atoms with van der Waals surface area (Å²) in [6, 6.07) is 6.04. The summed E-state index contributed by atoms with van der Waals surface area (Å²) in [5, 5.41) is 6.56. The van der Waals surface area contributed by atoms with Crippen molar-refractivity contribution in [1.29, 1.82) is 0 Å². The number of hydrogen-bond donors (Lipinski definition) is 1. The lowest BCUT2D eigenvalue weighted by Gasteiger charge is -2.15. The summed E-state index contributed by atoms with van der Waals surface area (Å²) >= 11 is 1.61. The van der Waals surface area contributed by atoms with Crippen LogP contribution in [0, 0.1) is 6.92 Å². The van der Waals surface area contributed by atoms with Crippen molar-refractivity contribution in [3.63, 3.8) is 0 Å². The molecule has 0 unspecified atom stereocenters. The maximum Gasteiger partial charge on any atom is 0.161 e. The Bertz CT molecular complexity index is 910. The number of fused-ring (bicyclic) bond motifs is 1. The van der Waals surface area contributed by atoms with E-state index in [2.05, 4.69) is 27.6 Å². The number of ether oxygens (including phenoxy) is 3. The van der Waals surface area contributed by atoms with Gasteiger partial charge in [-0.15, -0.1) is 11.3 Å². The van der Waals surface area contributed by atoms with Gasteiger partial charge in [0.2, 0.25) is 0 Å². The van der Waals surface area contributed by atoms with Gasteiger partial charge in [0.25, 0.3) is 0 Å². The second-order valence-corrected chi connectivity index (χ2v) is 6.88. The highest BCUT2D eigenvalue weighted by Crippen LogP contribution is 2.40. The first-order valence-corrected chi connectivity index (χ1v) is 9.19. The molecule has 0 bridgehead atoms. The van der Waals surface area contributed by atoms with Gasteiger partial charge in [0, 0.05) is 24.1 Å². The van der Waals surface area contributed by atoms with Crippen molar-refractivity contribution in [3.8, 4) is 22.6 Å². The van der Waals surface area contributed by atoms with Gasteiger partial charge in [0.15, 0.2) is 11.5 Å². The molecule has 0 fully saturated rings. The molecule has 1 atom stereocenters. The molecular formula is C19H23N3O3S. The van der Waals surface area contributed by atoms with Crippen LogP contribution in [0.1, 0.15) is 12.7 Å². The van der Waals surface area contributed by atoms with E-state index < -0.39 is 0 Å². The van der Waals surface area contributed by atoms with Gasteiger partial charge in [0.1, 0.15) is 16.5 Å². The Kier molecular flexibility index (Phi) is 5.58. The molecular weight excluding hydrogens is 350 g/mol. The van der Waals surface area contributed by atoms with E-state index in [9.17, 15) is 0 Å². The van der Waals surface area contributed by atoms with Crippen LogP contribution in [-0.4, -0.2) is 43.9 Å². The summed E-state index contributed by atoms with van der Waals surface area (Å²) in [6.45, 7) is 4.57. The number of hydrogen-bond acceptors (Lipinski definition) is 7. The molecule has 0 spiro atoms. The predicted molar refractivity (Wildman–Crippen MR) is 106 cm³/mol. The fraction of sp³-hybridized carbons (Fsp3) is 0.368. The molecule has 3 rings (SSSR count). The molecule has 1 N–H and O–H groups in total. The van der Waals surface area contributed by atoms with E-state index in [1.807, 2.05) is 25.1 Å². The summed E-state index contributed by atoms with van der Waals surface area (Å²) in [4.78, 5) is 10.2. The SMILES string of the molecule is COC[C@H](C)Nc1nc(C)nc2scc(-c3ccc(OC)c(OC)c3)c12. The van der Waals surface area contributed by atoms with Crippen molar-refractivity contribution in [3.05, 3.63) is 29.4 Å². The maximum atomic E-state index is 5.45. The highest BCUT2D eigenvalue weighted by molar-refractivity contribution is 7.17. The smallest absolute Gasteiger partial charge is 0.161 e. The first kappa shape index (κ1) is 18.4. The van der Waals surface area contributed by atoms with Gasteiger partial charge in [0.05, 0.1) is 26.2 Å². The molecule has 7 heteroatoms. The van der Waals surface area contributed by atoms with Crippen molar-refractivity contribution >= 4 is 27.4 Å². The number of thiophene rings is 1. The molecule has 0 aliphatic carbocycles. The molecule has 0 amide bonds. The Labute approximate surface area is 157 Å². The Hall–Kier alpha value is -2.38. The number of benzene rings is 1. The summed E-state index contributed by atoms with van der Waals surface area (Å²) in [5.74, 6) is 2.96. The zero-order valence-electron chi connectivity index (χ0n) is 15.6.